The number of halogens is 3. The van der Waals surface area contributed by atoms with E-state index in [0.717, 1.165) is 53.7 Å². The molecule has 1 aromatic heterocycles. The maximum atomic E-state index is 13.0. The zero-order valence-electron chi connectivity index (χ0n) is 19.9. The molecule has 1 aliphatic heterocycles. The molecule has 0 bridgehead atoms. The molecule has 4 rings (SSSR count). The summed E-state index contributed by atoms with van der Waals surface area (Å²) in [5, 5.41) is 8.12. The van der Waals surface area contributed by atoms with Crippen LogP contribution < -0.4 is 10.5 Å². The number of carbonyl (C=O) groups is 2. The third kappa shape index (κ3) is 7.24. The second-order valence-corrected chi connectivity index (χ2v) is 8.85. The molecule has 2 unspecified atom stereocenters. The van der Waals surface area contributed by atoms with Gasteiger partial charge < -0.3 is 25.5 Å². The molecule has 0 saturated carbocycles. The van der Waals surface area contributed by atoms with Gasteiger partial charge in [-0.2, -0.15) is 13.2 Å². The van der Waals surface area contributed by atoms with Gasteiger partial charge in [0, 0.05) is 36.2 Å². The zero-order chi connectivity index (χ0) is 26.3. The lowest BCUT2D eigenvalue weighted by atomic mass is 9.92. The van der Waals surface area contributed by atoms with Gasteiger partial charge >= 0.3 is 12.1 Å². The first-order valence-corrected chi connectivity index (χ1v) is 11.7. The van der Waals surface area contributed by atoms with Gasteiger partial charge in [0.05, 0.1) is 6.42 Å². The van der Waals surface area contributed by atoms with Crippen molar-refractivity contribution in [2.75, 3.05) is 13.1 Å². The summed E-state index contributed by atoms with van der Waals surface area (Å²) < 4.78 is 37.9. The summed E-state index contributed by atoms with van der Waals surface area (Å²) in [6.45, 7) is 4.12. The van der Waals surface area contributed by atoms with Crippen LogP contribution in [-0.4, -0.2) is 52.2 Å². The summed E-state index contributed by atoms with van der Waals surface area (Å²) in [6.07, 6.45) is -0.647. The van der Waals surface area contributed by atoms with Gasteiger partial charge in [0.15, 0.2) is 0 Å². The summed E-state index contributed by atoms with van der Waals surface area (Å²) in [7, 11) is 0. The van der Waals surface area contributed by atoms with Crippen molar-refractivity contribution in [2.45, 2.75) is 45.0 Å². The van der Waals surface area contributed by atoms with Crippen LogP contribution in [0, 0.1) is 5.92 Å². The molecule has 7 nitrogen and oxygen atoms in total. The van der Waals surface area contributed by atoms with Gasteiger partial charge in [0.1, 0.15) is 12.4 Å². The van der Waals surface area contributed by atoms with Crippen molar-refractivity contribution in [1.29, 1.82) is 0 Å². The second-order valence-electron chi connectivity index (χ2n) is 8.85. The number of aliphatic carboxylic acids is 1. The van der Waals surface area contributed by atoms with E-state index in [1.807, 2.05) is 66.6 Å². The third-order valence-corrected chi connectivity index (χ3v) is 6.12. The Morgan fingerprint density at radius 2 is 1.89 bits per heavy atom. The molecular weight excluding hydrogens is 475 g/mol. The van der Waals surface area contributed by atoms with Gasteiger partial charge in [0.25, 0.3) is 0 Å². The van der Waals surface area contributed by atoms with E-state index >= 15 is 0 Å². The number of nitrogens with one attached hydrogen (secondary N) is 1. The molecule has 1 amide bonds. The number of hydrogen-bond acceptors (Lipinski definition) is 4. The normalized spacial score (nSPS) is 16.7. The number of likely N-dealkylation sites (tertiary alicyclic amines) is 1. The Morgan fingerprint density at radius 1 is 1.19 bits per heavy atom. The number of aromatic amines is 1. The number of alkyl halides is 3. The van der Waals surface area contributed by atoms with Crippen LogP contribution in [0.5, 0.6) is 5.75 Å². The molecule has 2 aromatic carbocycles. The number of nitrogens with two attached hydrogens (primary N) is 1. The number of amides is 1. The Bertz CT molecular complexity index is 1160. The number of hydrogen-bond donors (Lipinski definition) is 3. The molecule has 2 heterocycles. The van der Waals surface area contributed by atoms with Crippen molar-refractivity contribution < 1.29 is 32.6 Å². The van der Waals surface area contributed by atoms with Crippen LogP contribution in [0.4, 0.5) is 13.2 Å². The van der Waals surface area contributed by atoms with E-state index in [1.165, 1.54) is 0 Å². The maximum Gasteiger partial charge on any atom is 0.490 e. The molecule has 0 spiro atoms. The fourth-order valence-electron chi connectivity index (χ4n) is 4.16. The Labute approximate surface area is 207 Å². The molecule has 0 aliphatic carbocycles. The smallest absolute Gasteiger partial charge is 0.488 e. The average molecular weight is 506 g/mol. The minimum atomic E-state index is -5.08. The van der Waals surface area contributed by atoms with E-state index in [0.29, 0.717) is 18.9 Å². The highest BCUT2D eigenvalue weighted by Crippen LogP contribution is 2.30. The van der Waals surface area contributed by atoms with Gasteiger partial charge in [-0.1, -0.05) is 36.4 Å². The van der Waals surface area contributed by atoms with Crippen LogP contribution >= 0.6 is 0 Å². The molecule has 1 fully saturated rings. The summed E-state index contributed by atoms with van der Waals surface area (Å²) in [4.78, 5) is 27.2. The SMILES string of the molecule is CC(N)C1CCCN(C(=O)Cc2c[nH]c3cccc(OCc4ccccc4)c23)C1.O=C(O)C(F)(F)F. The first kappa shape index (κ1) is 27.1. The number of nitrogens with zero attached hydrogens (tertiary/aromatic N) is 1. The fourth-order valence-corrected chi connectivity index (χ4v) is 4.16. The minimum absolute atomic E-state index is 0.122. The van der Waals surface area contributed by atoms with Crippen molar-refractivity contribution in [3.8, 4) is 5.75 Å². The maximum absolute atomic E-state index is 13.0. The van der Waals surface area contributed by atoms with Crippen LogP contribution in [-0.2, 0) is 22.6 Å². The van der Waals surface area contributed by atoms with Crippen molar-refractivity contribution in [3.63, 3.8) is 0 Å². The first-order chi connectivity index (χ1) is 17.1. The van der Waals surface area contributed by atoms with Crippen LogP contribution in [0.1, 0.15) is 30.9 Å². The summed E-state index contributed by atoms with van der Waals surface area (Å²) in [6, 6.07) is 16.2. The summed E-state index contributed by atoms with van der Waals surface area (Å²) >= 11 is 0. The van der Waals surface area contributed by atoms with E-state index in [1.54, 1.807) is 0 Å². The van der Waals surface area contributed by atoms with Gasteiger partial charge in [-0.15, -0.1) is 0 Å². The molecule has 194 valence electrons. The predicted octanol–water partition coefficient (Wildman–Crippen LogP) is 4.51. The molecular formula is C26H30F3N3O4. The van der Waals surface area contributed by atoms with E-state index in [-0.39, 0.29) is 11.9 Å². The van der Waals surface area contributed by atoms with Crippen molar-refractivity contribution in [3.05, 3.63) is 65.9 Å². The number of carboxylic acids is 1. The molecule has 3 aromatic rings. The number of H-pyrrole nitrogens is 1. The minimum Gasteiger partial charge on any atom is -0.488 e. The second kappa shape index (κ2) is 11.9. The Kier molecular flexibility index (Phi) is 8.98. The Morgan fingerprint density at radius 3 is 2.53 bits per heavy atom. The third-order valence-electron chi connectivity index (χ3n) is 6.12. The number of piperidine rings is 1. The number of carboxylic acid groups (broad SMARTS) is 1. The first-order valence-electron chi connectivity index (χ1n) is 11.7. The van der Waals surface area contributed by atoms with E-state index < -0.39 is 12.1 Å². The van der Waals surface area contributed by atoms with Crippen molar-refractivity contribution >= 4 is 22.8 Å². The quantitative estimate of drug-likeness (QED) is 0.457. The van der Waals surface area contributed by atoms with E-state index in [2.05, 4.69) is 4.98 Å². The fraction of sp³-hybridized carbons (Fsp3) is 0.385. The van der Waals surface area contributed by atoms with Crippen LogP contribution in [0.15, 0.2) is 54.7 Å². The van der Waals surface area contributed by atoms with E-state index in [4.69, 9.17) is 20.4 Å². The van der Waals surface area contributed by atoms with Crippen LogP contribution in [0.25, 0.3) is 10.9 Å². The number of aromatic nitrogens is 1. The number of fused-ring (bicyclic) bond motifs is 1. The molecule has 1 aliphatic rings. The highest BCUT2D eigenvalue weighted by molar-refractivity contribution is 5.93. The topological polar surface area (TPSA) is 109 Å². The zero-order valence-corrected chi connectivity index (χ0v) is 19.9. The number of benzene rings is 2. The number of carbonyl (C=O) groups excluding carboxylic acids is 1. The van der Waals surface area contributed by atoms with Gasteiger partial charge in [-0.25, -0.2) is 4.79 Å². The monoisotopic (exact) mass is 505 g/mol. The molecule has 1 saturated heterocycles. The van der Waals surface area contributed by atoms with Crippen molar-refractivity contribution in [2.24, 2.45) is 11.7 Å². The van der Waals surface area contributed by atoms with Gasteiger partial charge in [-0.3, -0.25) is 4.79 Å². The number of ether oxygens (including phenoxy) is 1. The molecule has 2 atom stereocenters. The van der Waals surface area contributed by atoms with E-state index in [9.17, 15) is 18.0 Å². The molecule has 0 radical (unpaired) electrons. The number of rotatable bonds is 6. The van der Waals surface area contributed by atoms with Gasteiger partial charge in [0.2, 0.25) is 5.91 Å². The average Bonchev–Trinajstić information content (AvgIpc) is 3.26. The Balaban J connectivity index is 0.000000454. The van der Waals surface area contributed by atoms with Crippen LogP contribution in [0.2, 0.25) is 0 Å². The molecule has 4 N–H and O–H groups in total. The molecule has 36 heavy (non-hydrogen) atoms. The highest BCUT2D eigenvalue weighted by Gasteiger charge is 2.38. The summed E-state index contributed by atoms with van der Waals surface area (Å²) in [5.74, 6) is -1.40. The lowest BCUT2D eigenvalue weighted by molar-refractivity contribution is -0.192. The van der Waals surface area contributed by atoms with Gasteiger partial charge in [-0.05, 0) is 48.9 Å². The standard InChI is InChI=1S/C24H29N3O2.C2HF3O2/c1-17(25)19-9-6-12-27(15-19)23(28)13-20-14-26-21-10-5-11-22(24(20)21)29-16-18-7-3-2-4-8-18;3-2(4,5)1(6)7/h2-5,7-8,10-11,14,17,19,26H,6,9,12-13,15-16,25H2,1H3;(H,6,7). The largest absolute Gasteiger partial charge is 0.490 e. The van der Waals surface area contributed by atoms with Crippen LogP contribution in [0.3, 0.4) is 0 Å². The lowest BCUT2D eigenvalue weighted by Gasteiger charge is -2.34. The molecule has 10 heteroatoms. The van der Waals surface area contributed by atoms with Crippen molar-refractivity contribution in [1.82, 2.24) is 9.88 Å². The lowest BCUT2D eigenvalue weighted by Crippen LogP contribution is -2.45. The summed E-state index contributed by atoms with van der Waals surface area (Å²) in [5.41, 5.74) is 9.17. The Hall–Kier alpha value is -3.53. The highest BCUT2D eigenvalue weighted by atomic mass is 19.4. The predicted molar refractivity (Wildman–Crippen MR) is 129 cm³/mol.